The first-order valence-corrected chi connectivity index (χ1v) is 4.94. The van der Waals surface area contributed by atoms with E-state index in [4.69, 9.17) is 0 Å². The van der Waals surface area contributed by atoms with Gasteiger partial charge < -0.3 is 13.3 Å². The van der Waals surface area contributed by atoms with Crippen LogP contribution in [-0.2, 0) is 20.1 Å². The molecule has 12 heavy (non-hydrogen) atoms. The molecule has 0 saturated carbocycles. The maximum Gasteiger partial charge on any atom is 0 e. The molecule has 0 spiro atoms. The molecule has 77 valence electrons. The molecule has 0 saturated heterocycles. The summed E-state index contributed by atoms with van der Waals surface area (Å²) < 4.78 is 0. The average Bonchev–Trinajstić information content (AvgIpc) is 2.08. The second-order valence-electron chi connectivity index (χ2n) is 2.55. The first kappa shape index (κ1) is 18.4. The third-order valence-corrected chi connectivity index (χ3v) is 1.55. The molecule has 0 aliphatic carbocycles. The van der Waals surface area contributed by atoms with Gasteiger partial charge in [-0.15, -0.1) is 0 Å². The summed E-state index contributed by atoms with van der Waals surface area (Å²) in [5.74, 6) is 0. The quantitative estimate of drug-likeness (QED) is 0.486. The van der Waals surface area contributed by atoms with E-state index >= 15 is 0 Å². The van der Waals surface area contributed by atoms with E-state index < -0.39 is 0 Å². The molecule has 0 unspecified atom stereocenters. The monoisotopic (exact) mass is 253 g/mol. The van der Waals surface area contributed by atoms with E-state index in [-0.39, 0.29) is 20.1 Å². The zero-order valence-electron chi connectivity index (χ0n) is 8.91. The van der Waals surface area contributed by atoms with E-state index in [0.29, 0.717) is 0 Å². The molecule has 0 aliphatic rings. The van der Waals surface area contributed by atoms with Crippen LogP contribution in [0.5, 0.6) is 0 Å². The van der Waals surface area contributed by atoms with E-state index in [9.17, 15) is 0 Å². The summed E-state index contributed by atoms with van der Waals surface area (Å²) in [6, 6.07) is 0. The third kappa shape index (κ3) is 22.4. The second-order valence-corrected chi connectivity index (χ2v) is 2.55. The Morgan fingerprint density at radius 3 is 2.00 bits per heavy atom. The molecule has 0 heterocycles. The molecule has 0 aliphatic heterocycles. The van der Waals surface area contributed by atoms with Gasteiger partial charge in [0.15, 0.2) is 0 Å². The minimum atomic E-state index is 0. The summed E-state index contributed by atoms with van der Waals surface area (Å²) in [6.07, 6.45) is 10.5. The molecule has 0 N–H and O–H groups in total. The van der Waals surface area contributed by atoms with Gasteiger partial charge in [0, 0.05) is 20.1 Å². The van der Waals surface area contributed by atoms with Crippen LogP contribution < -0.4 is 0 Å². The molecule has 0 aromatic heterocycles. The van der Waals surface area contributed by atoms with E-state index in [0.717, 1.165) is 0 Å². The van der Waals surface area contributed by atoms with Gasteiger partial charge in [-0.2, -0.15) is 19.8 Å². The summed E-state index contributed by atoms with van der Waals surface area (Å²) in [6.45, 7) is 9.46. The van der Waals surface area contributed by atoms with Crippen molar-refractivity contribution >= 4 is 0 Å². The summed E-state index contributed by atoms with van der Waals surface area (Å²) in [4.78, 5) is 0. The van der Waals surface area contributed by atoms with E-state index in [1.165, 1.54) is 38.5 Å². The predicted molar refractivity (Wildman–Crippen MR) is 54.4 cm³/mol. The fourth-order valence-corrected chi connectivity index (χ4v) is 0.920. The molecular formula is C11H24Tc-2. The second kappa shape index (κ2) is 22.6. The van der Waals surface area contributed by atoms with Crippen LogP contribution in [0.3, 0.4) is 0 Å². The minimum absolute atomic E-state index is 0. The van der Waals surface area contributed by atoms with Gasteiger partial charge in [-0.25, -0.2) is 0 Å². The van der Waals surface area contributed by atoms with Crippen LogP contribution in [0.4, 0.5) is 0 Å². The van der Waals surface area contributed by atoms with Crippen molar-refractivity contribution in [3.63, 3.8) is 0 Å². The van der Waals surface area contributed by atoms with Crippen molar-refractivity contribution < 1.29 is 20.1 Å². The van der Waals surface area contributed by atoms with Crippen LogP contribution in [0.25, 0.3) is 0 Å². The molecule has 0 aromatic carbocycles. The Bertz CT molecular complexity index is 38.3. The standard InChI is InChI=1S/C9H19.C2H5.Tc/c1-3-5-7-9-8-6-4-2;1-2;/h5H,3-4,6-9H2,1-2H3;1H2,2H3;/q2*-1;. The maximum absolute atomic E-state index is 3.25. The molecule has 0 rings (SSSR count). The maximum atomic E-state index is 3.25. The van der Waals surface area contributed by atoms with Gasteiger partial charge in [-0.3, -0.25) is 0 Å². The summed E-state index contributed by atoms with van der Waals surface area (Å²) in [7, 11) is 0. The van der Waals surface area contributed by atoms with Crippen LogP contribution in [0.1, 0.15) is 59.3 Å². The SMILES string of the molecule is CC[CH-]CCCCCC.[CH2-]C.[Tc]. The van der Waals surface area contributed by atoms with Crippen LogP contribution in [-0.4, -0.2) is 0 Å². The van der Waals surface area contributed by atoms with Gasteiger partial charge in [-0.05, 0) is 0 Å². The van der Waals surface area contributed by atoms with Crippen molar-refractivity contribution in [1.29, 1.82) is 0 Å². The smallest absolute Gasteiger partial charge is 0 e. The van der Waals surface area contributed by atoms with E-state index in [2.05, 4.69) is 27.2 Å². The Labute approximate surface area is 92.9 Å². The number of hydrogen-bond acceptors (Lipinski definition) is 0. The Kier molecular flexibility index (Phi) is 34.7. The first-order chi connectivity index (χ1) is 5.41. The van der Waals surface area contributed by atoms with Crippen molar-refractivity contribution in [2.24, 2.45) is 0 Å². The molecule has 0 amide bonds. The topological polar surface area (TPSA) is 0 Å². The zero-order chi connectivity index (χ0) is 8.95. The van der Waals surface area contributed by atoms with Crippen molar-refractivity contribution in [3.8, 4) is 0 Å². The van der Waals surface area contributed by atoms with Crippen LogP contribution >= 0.6 is 0 Å². The van der Waals surface area contributed by atoms with Crippen molar-refractivity contribution in [2.45, 2.75) is 59.3 Å². The molecule has 0 fully saturated rings. The molecule has 1 heteroatoms. The molecule has 0 atom stereocenters. The predicted octanol–water partition coefficient (Wildman–Crippen LogP) is 4.41. The Morgan fingerprint density at radius 2 is 1.58 bits per heavy atom. The molecule has 0 nitrogen and oxygen atoms in total. The molecule has 0 aromatic rings. The van der Waals surface area contributed by atoms with Crippen LogP contribution in [0.15, 0.2) is 0 Å². The molecule has 1 radical (unpaired) electrons. The molecule has 0 bridgehead atoms. The van der Waals surface area contributed by atoms with Gasteiger partial charge >= 0.3 is 0 Å². The van der Waals surface area contributed by atoms with Crippen molar-refractivity contribution in [1.82, 2.24) is 0 Å². The number of unbranched alkanes of at least 4 members (excludes halogenated alkanes) is 6. The Morgan fingerprint density at radius 1 is 1.00 bits per heavy atom. The zero-order valence-corrected chi connectivity index (χ0v) is 10.8. The summed E-state index contributed by atoms with van der Waals surface area (Å²) >= 11 is 0. The van der Waals surface area contributed by atoms with Crippen LogP contribution in [0.2, 0.25) is 0 Å². The Balaban J connectivity index is -0.000000249. The van der Waals surface area contributed by atoms with Gasteiger partial charge in [0.1, 0.15) is 0 Å². The average molecular weight is 254 g/mol. The summed E-state index contributed by atoms with van der Waals surface area (Å²) in [5.41, 5.74) is 0. The van der Waals surface area contributed by atoms with Gasteiger partial charge in [0.2, 0.25) is 0 Å². The van der Waals surface area contributed by atoms with Gasteiger partial charge in [-0.1, -0.05) is 39.5 Å². The van der Waals surface area contributed by atoms with Gasteiger partial charge in [0.05, 0.1) is 0 Å². The normalized spacial score (nSPS) is 8.00. The minimum Gasteiger partial charge on any atom is -0.346 e. The van der Waals surface area contributed by atoms with E-state index in [1.807, 2.05) is 0 Å². The Hall–Kier alpha value is 0.649. The van der Waals surface area contributed by atoms with Crippen molar-refractivity contribution in [3.05, 3.63) is 13.3 Å². The molecular weight excluding hydrogens is 230 g/mol. The first-order valence-electron chi connectivity index (χ1n) is 4.94. The van der Waals surface area contributed by atoms with Gasteiger partial charge in [0.25, 0.3) is 0 Å². The number of rotatable bonds is 6. The van der Waals surface area contributed by atoms with Crippen LogP contribution in [0, 0.1) is 13.3 Å². The fourth-order valence-electron chi connectivity index (χ4n) is 0.920. The fraction of sp³-hybridized carbons (Fsp3) is 0.818. The third-order valence-electron chi connectivity index (χ3n) is 1.55. The summed E-state index contributed by atoms with van der Waals surface area (Å²) in [5, 5.41) is 0. The number of hydrogen-bond donors (Lipinski definition) is 0. The van der Waals surface area contributed by atoms with Crippen molar-refractivity contribution in [2.75, 3.05) is 0 Å². The largest absolute Gasteiger partial charge is 0.346 e. The van der Waals surface area contributed by atoms with E-state index in [1.54, 1.807) is 6.92 Å².